The second-order valence-electron chi connectivity index (χ2n) is 5.98. The van der Waals surface area contributed by atoms with Crippen LogP contribution in [0.3, 0.4) is 0 Å². The molecule has 0 bridgehead atoms. The van der Waals surface area contributed by atoms with Crippen LogP contribution in [0.4, 0.5) is 0 Å². The molecule has 3 rings (SSSR count). The van der Waals surface area contributed by atoms with Crippen molar-refractivity contribution >= 4 is 5.91 Å². The SMILES string of the molecule is COCCN1CCO[C@H]2CCN(C(=O)c3cc(C)[nH]n3)C[C@H]21. The summed E-state index contributed by atoms with van der Waals surface area (Å²) in [6, 6.07) is 2.05. The molecule has 1 N–H and O–H groups in total. The molecule has 0 unspecified atom stereocenters. The Labute approximate surface area is 130 Å². The molecule has 1 amide bonds. The minimum absolute atomic E-state index is 0.0000602. The van der Waals surface area contributed by atoms with E-state index in [0.29, 0.717) is 18.8 Å². The van der Waals surface area contributed by atoms with Gasteiger partial charge in [0.05, 0.1) is 25.4 Å². The number of aromatic nitrogens is 2. The van der Waals surface area contributed by atoms with E-state index >= 15 is 0 Å². The van der Waals surface area contributed by atoms with Gasteiger partial charge in [0, 0.05) is 39.0 Å². The minimum Gasteiger partial charge on any atom is -0.383 e. The molecule has 0 saturated carbocycles. The number of morpholine rings is 1. The molecule has 2 saturated heterocycles. The maximum absolute atomic E-state index is 12.6. The summed E-state index contributed by atoms with van der Waals surface area (Å²) in [4.78, 5) is 16.8. The van der Waals surface area contributed by atoms with Gasteiger partial charge in [0.1, 0.15) is 5.69 Å². The van der Waals surface area contributed by atoms with Gasteiger partial charge in [-0.3, -0.25) is 14.8 Å². The number of aromatic amines is 1. The smallest absolute Gasteiger partial charge is 0.274 e. The molecule has 7 nitrogen and oxygen atoms in total. The van der Waals surface area contributed by atoms with Crippen LogP contribution in [-0.4, -0.2) is 84.6 Å². The topological polar surface area (TPSA) is 70.7 Å². The van der Waals surface area contributed by atoms with Crippen LogP contribution in [0.15, 0.2) is 6.07 Å². The van der Waals surface area contributed by atoms with Gasteiger partial charge in [-0.15, -0.1) is 0 Å². The number of ether oxygens (including phenoxy) is 2. The number of amides is 1. The van der Waals surface area contributed by atoms with Gasteiger partial charge >= 0.3 is 0 Å². The summed E-state index contributed by atoms with van der Waals surface area (Å²) in [7, 11) is 1.72. The Hall–Kier alpha value is -1.44. The summed E-state index contributed by atoms with van der Waals surface area (Å²) in [6.07, 6.45) is 1.10. The molecule has 1 aromatic rings. The number of aryl methyl sites for hydroxylation is 1. The maximum atomic E-state index is 12.6. The fourth-order valence-corrected chi connectivity index (χ4v) is 3.30. The molecule has 2 atom stereocenters. The van der Waals surface area contributed by atoms with E-state index in [-0.39, 0.29) is 18.1 Å². The van der Waals surface area contributed by atoms with Crippen LogP contribution in [0.25, 0.3) is 0 Å². The highest BCUT2D eigenvalue weighted by molar-refractivity contribution is 5.92. The lowest BCUT2D eigenvalue weighted by atomic mass is 9.98. The van der Waals surface area contributed by atoms with Crippen molar-refractivity contribution in [2.24, 2.45) is 0 Å². The summed E-state index contributed by atoms with van der Waals surface area (Å²) in [6.45, 7) is 6.56. The number of carbonyl (C=O) groups is 1. The summed E-state index contributed by atoms with van der Waals surface area (Å²) in [5.74, 6) is 0.0000602. The molecule has 122 valence electrons. The molecule has 22 heavy (non-hydrogen) atoms. The van der Waals surface area contributed by atoms with Crippen LogP contribution >= 0.6 is 0 Å². The predicted octanol–water partition coefficient (Wildman–Crippen LogP) is 0.280. The molecular formula is C15H24N4O3. The number of fused-ring (bicyclic) bond motifs is 1. The highest BCUT2D eigenvalue weighted by atomic mass is 16.5. The Morgan fingerprint density at radius 1 is 1.55 bits per heavy atom. The predicted molar refractivity (Wildman–Crippen MR) is 80.8 cm³/mol. The quantitative estimate of drug-likeness (QED) is 0.865. The van der Waals surface area contributed by atoms with E-state index in [1.54, 1.807) is 13.2 Å². The first-order chi connectivity index (χ1) is 10.7. The Kier molecular flexibility index (Phi) is 4.75. The van der Waals surface area contributed by atoms with Gasteiger partial charge in [0.15, 0.2) is 0 Å². The number of carbonyl (C=O) groups excluding carboxylic acids is 1. The van der Waals surface area contributed by atoms with Gasteiger partial charge in [0.2, 0.25) is 0 Å². The van der Waals surface area contributed by atoms with Gasteiger partial charge in [-0.2, -0.15) is 5.10 Å². The molecule has 0 radical (unpaired) electrons. The van der Waals surface area contributed by atoms with Crippen molar-refractivity contribution in [1.82, 2.24) is 20.0 Å². The number of likely N-dealkylation sites (tertiary alicyclic amines) is 1. The van der Waals surface area contributed by atoms with Crippen molar-refractivity contribution < 1.29 is 14.3 Å². The summed E-state index contributed by atoms with van der Waals surface area (Å²) >= 11 is 0. The minimum atomic E-state index is 0.0000602. The lowest BCUT2D eigenvalue weighted by molar-refractivity contribution is -0.101. The van der Waals surface area contributed by atoms with Crippen molar-refractivity contribution in [2.75, 3.05) is 46.5 Å². The average Bonchev–Trinajstić information content (AvgIpc) is 2.98. The van der Waals surface area contributed by atoms with E-state index in [0.717, 1.165) is 38.4 Å². The third-order valence-corrected chi connectivity index (χ3v) is 4.49. The zero-order chi connectivity index (χ0) is 15.5. The lowest BCUT2D eigenvalue weighted by Gasteiger charge is -2.46. The highest BCUT2D eigenvalue weighted by Crippen LogP contribution is 2.24. The number of nitrogens with one attached hydrogen (secondary N) is 1. The van der Waals surface area contributed by atoms with E-state index in [1.807, 2.05) is 11.8 Å². The molecule has 2 aliphatic rings. The van der Waals surface area contributed by atoms with E-state index in [2.05, 4.69) is 15.1 Å². The van der Waals surface area contributed by atoms with E-state index in [9.17, 15) is 4.79 Å². The molecule has 0 aliphatic carbocycles. The largest absolute Gasteiger partial charge is 0.383 e. The van der Waals surface area contributed by atoms with E-state index < -0.39 is 0 Å². The van der Waals surface area contributed by atoms with Crippen LogP contribution in [0.2, 0.25) is 0 Å². The van der Waals surface area contributed by atoms with E-state index in [4.69, 9.17) is 9.47 Å². The first kappa shape index (κ1) is 15.5. The zero-order valence-corrected chi connectivity index (χ0v) is 13.2. The Bertz CT molecular complexity index is 519. The van der Waals surface area contributed by atoms with Crippen molar-refractivity contribution in [3.63, 3.8) is 0 Å². The number of hydrogen-bond donors (Lipinski definition) is 1. The molecular weight excluding hydrogens is 284 g/mol. The monoisotopic (exact) mass is 308 g/mol. The van der Waals surface area contributed by atoms with Crippen molar-refractivity contribution in [2.45, 2.75) is 25.5 Å². The summed E-state index contributed by atoms with van der Waals surface area (Å²) in [5.41, 5.74) is 1.40. The van der Waals surface area contributed by atoms with Gasteiger partial charge in [-0.05, 0) is 19.4 Å². The van der Waals surface area contributed by atoms with Gasteiger partial charge < -0.3 is 14.4 Å². The number of piperidine rings is 1. The van der Waals surface area contributed by atoms with E-state index in [1.165, 1.54) is 0 Å². The molecule has 1 aromatic heterocycles. The molecule has 2 aliphatic heterocycles. The standard InChI is InChI=1S/C15H24N4O3/c1-11-9-12(17-16-11)15(20)19-4-3-14-13(10-19)18(5-7-21-2)6-8-22-14/h9,13-14H,3-8,10H2,1-2H3,(H,16,17)/t13-,14+/m1/s1. The Morgan fingerprint density at radius 3 is 3.14 bits per heavy atom. The average molecular weight is 308 g/mol. The number of rotatable bonds is 4. The maximum Gasteiger partial charge on any atom is 0.274 e. The van der Waals surface area contributed by atoms with Crippen molar-refractivity contribution in [3.05, 3.63) is 17.5 Å². The normalized spacial score (nSPS) is 26.0. The van der Waals surface area contributed by atoms with Crippen molar-refractivity contribution in [1.29, 1.82) is 0 Å². The molecule has 7 heteroatoms. The second-order valence-corrected chi connectivity index (χ2v) is 5.98. The van der Waals surface area contributed by atoms with Crippen LogP contribution < -0.4 is 0 Å². The van der Waals surface area contributed by atoms with Gasteiger partial charge in [-0.1, -0.05) is 0 Å². The molecule has 3 heterocycles. The third-order valence-electron chi connectivity index (χ3n) is 4.49. The number of methoxy groups -OCH3 is 1. The first-order valence-electron chi connectivity index (χ1n) is 7.85. The lowest BCUT2D eigenvalue weighted by Crippen LogP contribution is -2.61. The Balaban J connectivity index is 1.67. The Morgan fingerprint density at radius 2 is 2.41 bits per heavy atom. The van der Waals surface area contributed by atoms with Crippen LogP contribution in [0, 0.1) is 6.92 Å². The molecule has 0 aromatic carbocycles. The first-order valence-corrected chi connectivity index (χ1v) is 7.85. The van der Waals surface area contributed by atoms with Crippen LogP contribution in [-0.2, 0) is 9.47 Å². The zero-order valence-electron chi connectivity index (χ0n) is 13.2. The van der Waals surface area contributed by atoms with Gasteiger partial charge in [-0.25, -0.2) is 0 Å². The summed E-state index contributed by atoms with van der Waals surface area (Å²) in [5, 5.41) is 6.91. The molecule has 0 spiro atoms. The highest BCUT2D eigenvalue weighted by Gasteiger charge is 2.38. The second kappa shape index (κ2) is 6.76. The van der Waals surface area contributed by atoms with Gasteiger partial charge in [0.25, 0.3) is 5.91 Å². The number of H-pyrrole nitrogens is 1. The van der Waals surface area contributed by atoms with Crippen LogP contribution in [0.5, 0.6) is 0 Å². The van der Waals surface area contributed by atoms with Crippen molar-refractivity contribution in [3.8, 4) is 0 Å². The summed E-state index contributed by atoms with van der Waals surface area (Å²) < 4.78 is 11.1. The molecule has 2 fully saturated rings. The third kappa shape index (κ3) is 3.16. The number of nitrogens with zero attached hydrogens (tertiary/aromatic N) is 3. The number of hydrogen-bond acceptors (Lipinski definition) is 5. The van der Waals surface area contributed by atoms with Crippen LogP contribution in [0.1, 0.15) is 22.6 Å². The fourth-order valence-electron chi connectivity index (χ4n) is 3.30. The fraction of sp³-hybridized carbons (Fsp3) is 0.733.